The molecular formula is C20H25N3O2S. The first-order valence-electron chi connectivity index (χ1n) is 8.49. The van der Waals surface area contributed by atoms with Crippen LogP contribution in [0.3, 0.4) is 0 Å². The lowest BCUT2D eigenvalue weighted by Gasteiger charge is -2.28. The van der Waals surface area contributed by atoms with Crippen LogP contribution in [0.15, 0.2) is 65.5 Å². The number of thioether (sulfide) groups is 1. The Labute approximate surface area is 159 Å². The minimum atomic E-state index is -0.281. The number of nitrogens with zero attached hydrogens (tertiary/aromatic N) is 2. The van der Waals surface area contributed by atoms with Gasteiger partial charge in [-0.1, -0.05) is 42.6 Å². The first-order valence-corrected chi connectivity index (χ1v) is 9.48. The normalized spacial score (nSPS) is 15.1. The number of allylic oxidation sites excluding steroid dienone is 3. The Bertz CT molecular complexity index is 753. The molecule has 0 saturated heterocycles. The van der Waals surface area contributed by atoms with Crippen LogP contribution in [0.2, 0.25) is 0 Å². The van der Waals surface area contributed by atoms with Crippen LogP contribution in [0.4, 0.5) is 10.5 Å². The molecule has 0 aliphatic carbocycles. The SMILES string of the molecule is C=C/C=C(\C(=C/C)OC)N(C(=O)Nc1ccccc1C)C1=NCCCS1. The summed E-state index contributed by atoms with van der Waals surface area (Å²) in [4.78, 5) is 19.3. The van der Waals surface area contributed by atoms with Crippen LogP contribution in [0, 0.1) is 6.92 Å². The Balaban J connectivity index is 2.44. The predicted molar refractivity (Wildman–Crippen MR) is 110 cm³/mol. The number of carbonyl (C=O) groups excluding carboxylic acids is 1. The first kappa shape index (κ1) is 19.8. The van der Waals surface area contributed by atoms with Gasteiger partial charge in [0.15, 0.2) is 5.17 Å². The summed E-state index contributed by atoms with van der Waals surface area (Å²) >= 11 is 1.56. The van der Waals surface area contributed by atoms with E-state index in [1.807, 2.05) is 44.2 Å². The maximum absolute atomic E-state index is 13.2. The van der Waals surface area contributed by atoms with Crippen molar-refractivity contribution in [1.82, 2.24) is 4.90 Å². The van der Waals surface area contributed by atoms with E-state index in [1.54, 1.807) is 35.9 Å². The fourth-order valence-corrected chi connectivity index (χ4v) is 3.46. The highest BCUT2D eigenvalue weighted by molar-refractivity contribution is 8.13. The lowest BCUT2D eigenvalue weighted by Crippen LogP contribution is -2.40. The number of amides is 2. The molecule has 0 saturated carbocycles. The zero-order chi connectivity index (χ0) is 18.9. The molecule has 2 amide bonds. The first-order chi connectivity index (χ1) is 12.6. The van der Waals surface area contributed by atoms with Gasteiger partial charge in [-0.15, -0.1) is 0 Å². The number of methoxy groups -OCH3 is 1. The van der Waals surface area contributed by atoms with Crippen LogP contribution < -0.4 is 5.32 Å². The maximum Gasteiger partial charge on any atom is 0.332 e. The summed E-state index contributed by atoms with van der Waals surface area (Å²) in [5.74, 6) is 1.51. The largest absolute Gasteiger partial charge is 0.495 e. The molecular weight excluding hydrogens is 346 g/mol. The number of benzene rings is 1. The van der Waals surface area contributed by atoms with E-state index in [0.29, 0.717) is 23.2 Å². The lowest BCUT2D eigenvalue weighted by molar-refractivity contribution is 0.234. The maximum atomic E-state index is 13.2. The van der Waals surface area contributed by atoms with Gasteiger partial charge in [0.25, 0.3) is 0 Å². The monoisotopic (exact) mass is 371 g/mol. The Hall–Kier alpha value is -2.47. The van der Waals surface area contributed by atoms with Gasteiger partial charge < -0.3 is 10.1 Å². The highest BCUT2D eigenvalue weighted by Gasteiger charge is 2.28. The number of ether oxygens (including phenoxy) is 1. The van der Waals surface area contributed by atoms with Gasteiger partial charge in [-0.3, -0.25) is 4.99 Å². The number of para-hydroxylation sites is 1. The molecule has 1 aromatic carbocycles. The highest BCUT2D eigenvalue weighted by Crippen LogP contribution is 2.26. The molecule has 2 rings (SSSR count). The van der Waals surface area contributed by atoms with Crippen molar-refractivity contribution >= 4 is 28.6 Å². The fraction of sp³-hybridized carbons (Fsp3) is 0.300. The lowest BCUT2D eigenvalue weighted by atomic mass is 10.2. The third-order valence-corrected chi connectivity index (χ3v) is 4.88. The second kappa shape index (κ2) is 9.87. The summed E-state index contributed by atoms with van der Waals surface area (Å²) in [6.07, 6.45) is 6.22. The Morgan fingerprint density at radius 2 is 2.19 bits per heavy atom. The van der Waals surface area contributed by atoms with E-state index in [0.717, 1.165) is 23.4 Å². The van der Waals surface area contributed by atoms with Crippen molar-refractivity contribution in [2.24, 2.45) is 4.99 Å². The van der Waals surface area contributed by atoms with Crippen LogP contribution in [0.25, 0.3) is 0 Å². The van der Waals surface area contributed by atoms with Gasteiger partial charge in [-0.2, -0.15) is 0 Å². The Morgan fingerprint density at radius 3 is 2.77 bits per heavy atom. The van der Waals surface area contributed by atoms with Crippen LogP contribution in [0.1, 0.15) is 18.9 Å². The van der Waals surface area contributed by atoms with Gasteiger partial charge in [0, 0.05) is 18.0 Å². The molecule has 0 bridgehead atoms. The van der Waals surface area contributed by atoms with E-state index in [2.05, 4.69) is 16.9 Å². The smallest absolute Gasteiger partial charge is 0.332 e. The molecule has 1 N–H and O–H groups in total. The fourth-order valence-electron chi connectivity index (χ4n) is 2.52. The Kier molecular flexibility index (Phi) is 7.53. The summed E-state index contributed by atoms with van der Waals surface area (Å²) in [5.41, 5.74) is 2.36. The van der Waals surface area contributed by atoms with Crippen molar-refractivity contribution in [3.05, 3.63) is 66.1 Å². The van der Waals surface area contributed by atoms with Gasteiger partial charge in [0.05, 0.1) is 12.8 Å². The number of carbonyl (C=O) groups is 1. The average Bonchev–Trinajstić information content (AvgIpc) is 2.66. The molecule has 1 aromatic rings. The zero-order valence-corrected chi connectivity index (χ0v) is 16.3. The van der Waals surface area contributed by atoms with Crippen molar-refractivity contribution in [2.45, 2.75) is 20.3 Å². The van der Waals surface area contributed by atoms with Crippen LogP contribution in [-0.2, 0) is 4.74 Å². The molecule has 0 aromatic heterocycles. The van der Waals surface area contributed by atoms with Crippen molar-refractivity contribution in [3.63, 3.8) is 0 Å². The molecule has 1 aliphatic rings. The standard InChI is InChI=1S/C20H25N3O2S/c1-5-10-17(18(6-2)25-4)23(20-21-13-9-14-26-20)19(24)22-16-12-8-7-11-15(16)3/h5-8,10-12H,1,9,13-14H2,2-4H3,(H,22,24)/b17-10+,18-6+. The molecule has 0 radical (unpaired) electrons. The molecule has 138 valence electrons. The van der Waals surface area contributed by atoms with Crippen molar-refractivity contribution < 1.29 is 9.53 Å². The van der Waals surface area contributed by atoms with Crippen molar-refractivity contribution in [1.29, 1.82) is 0 Å². The number of hydrogen-bond acceptors (Lipinski definition) is 4. The summed E-state index contributed by atoms with van der Waals surface area (Å²) in [5, 5.41) is 3.64. The summed E-state index contributed by atoms with van der Waals surface area (Å²) in [7, 11) is 1.58. The number of hydrogen-bond donors (Lipinski definition) is 1. The van der Waals surface area contributed by atoms with E-state index in [4.69, 9.17) is 4.74 Å². The van der Waals surface area contributed by atoms with Gasteiger partial charge >= 0.3 is 6.03 Å². The highest BCUT2D eigenvalue weighted by atomic mass is 32.2. The van der Waals surface area contributed by atoms with Gasteiger partial charge in [-0.25, -0.2) is 9.69 Å². The van der Waals surface area contributed by atoms with E-state index in [9.17, 15) is 4.79 Å². The third-order valence-electron chi connectivity index (χ3n) is 3.81. The van der Waals surface area contributed by atoms with Crippen molar-refractivity contribution in [2.75, 3.05) is 24.7 Å². The van der Waals surface area contributed by atoms with Gasteiger partial charge in [0.1, 0.15) is 5.76 Å². The van der Waals surface area contributed by atoms with E-state index in [1.165, 1.54) is 0 Å². The summed E-state index contributed by atoms with van der Waals surface area (Å²) in [6.45, 7) is 8.30. The quantitative estimate of drug-likeness (QED) is 0.589. The second-order valence-corrected chi connectivity index (χ2v) is 6.65. The molecule has 5 nitrogen and oxygen atoms in total. The second-order valence-electron chi connectivity index (χ2n) is 5.59. The predicted octanol–water partition coefficient (Wildman–Crippen LogP) is 4.94. The van der Waals surface area contributed by atoms with E-state index >= 15 is 0 Å². The molecule has 1 aliphatic heterocycles. The van der Waals surface area contributed by atoms with Crippen molar-refractivity contribution in [3.8, 4) is 0 Å². The van der Waals surface area contributed by atoms with Gasteiger partial charge in [0.2, 0.25) is 0 Å². The zero-order valence-electron chi connectivity index (χ0n) is 15.5. The molecule has 26 heavy (non-hydrogen) atoms. The summed E-state index contributed by atoms with van der Waals surface area (Å²) in [6, 6.07) is 7.39. The third kappa shape index (κ3) is 4.79. The van der Waals surface area contributed by atoms with E-state index < -0.39 is 0 Å². The number of urea groups is 1. The van der Waals surface area contributed by atoms with Crippen LogP contribution in [0.5, 0.6) is 0 Å². The summed E-state index contributed by atoms with van der Waals surface area (Å²) < 4.78 is 5.47. The molecule has 0 unspecified atom stereocenters. The molecule has 1 heterocycles. The minimum Gasteiger partial charge on any atom is -0.495 e. The minimum absolute atomic E-state index is 0.281. The van der Waals surface area contributed by atoms with Crippen LogP contribution >= 0.6 is 11.8 Å². The number of aryl methyl sites for hydroxylation is 1. The van der Waals surface area contributed by atoms with Crippen LogP contribution in [-0.4, -0.2) is 35.5 Å². The molecule has 0 fully saturated rings. The number of amidine groups is 1. The average molecular weight is 372 g/mol. The topological polar surface area (TPSA) is 53.9 Å². The molecule has 0 atom stereocenters. The molecule has 0 spiro atoms. The molecule has 6 heteroatoms. The number of aliphatic imine (C=N–C) groups is 1. The van der Waals surface area contributed by atoms with Gasteiger partial charge in [-0.05, 0) is 44.1 Å². The Morgan fingerprint density at radius 1 is 1.42 bits per heavy atom. The number of nitrogens with one attached hydrogen (secondary N) is 1. The van der Waals surface area contributed by atoms with E-state index in [-0.39, 0.29) is 6.03 Å². The number of rotatable bonds is 5. The number of anilines is 1.